The van der Waals surface area contributed by atoms with Crippen molar-refractivity contribution in [1.29, 1.82) is 0 Å². The van der Waals surface area contributed by atoms with Crippen molar-refractivity contribution in [2.75, 3.05) is 12.4 Å². The normalized spacial score (nSPS) is 14.9. The third-order valence-electron chi connectivity index (χ3n) is 5.25. The maximum Gasteiger partial charge on any atom is 0.332 e. The van der Waals surface area contributed by atoms with E-state index in [1.165, 1.54) is 25.8 Å². The van der Waals surface area contributed by atoms with Gasteiger partial charge < -0.3 is 14.8 Å². The lowest BCUT2D eigenvalue weighted by molar-refractivity contribution is 0.248. The Bertz CT molecular complexity index is 1260. The van der Waals surface area contributed by atoms with E-state index in [0.29, 0.717) is 23.7 Å². The molecule has 3 aromatic rings. The molecule has 0 saturated heterocycles. The number of anilines is 1. The fraction of sp³-hybridized carbons (Fsp3) is 0.227. The van der Waals surface area contributed by atoms with Gasteiger partial charge in [0.1, 0.15) is 12.4 Å². The van der Waals surface area contributed by atoms with Crippen LogP contribution in [0.4, 0.5) is 10.6 Å². The van der Waals surface area contributed by atoms with Gasteiger partial charge in [-0.25, -0.2) is 9.59 Å². The lowest BCUT2D eigenvalue weighted by atomic mass is 9.98. The number of carbonyl (C=O) groups is 1. The summed E-state index contributed by atoms with van der Waals surface area (Å²) in [6.07, 6.45) is 0. The predicted octanol–water partition coefficient (Wildman–Crippen LogP) is 1.90. The molecule has 0 saturated carbocycles. The van der Waals surface area contributed by atoms with Gasteiger partial charge in [0.15, 0.2) is 11.5 Å². The molecule has 0 unspecified atom stereocenters. The third kappa shape index (κ3) is 3.65. The number of aromatic nitrogens is 2. The van der Waals surface area contributed by atoms with Crippen molar-refractivity contribution in [3.05, 3.63) is 86.1 Å². The summed E-state index contributed by atoms with van der Waals surface area (Å²) >= 11 is 0. The number of amides is 2. The van der Waals surface area contributed by atoms with Crippen LogP contribution in [0, 0.1) is 0 Å². The number of rotatable bonds is 5. The molecule has 0 aliphatic carbocycles. The molecule has 0 spiro atoms. The van der Waals surface area contributed by atoms with Crippen molar-refractivity contribution in [2.45, 2.75) is 12.6 Å². The Hall–Kier alpha value is -4.01. The van der Waals surface area contributed by atoms with Crippen molar-refractivity contribution in [3.63, 3.8) is 0 Å². The number of fused-ring (bicyclic) bond motifs is 1. The predicted molar refractivity (Wildman–Crippen MR) is 115 cm³/mol. The van der Waals surface area contributed by atoms with Crippen molar-refractivity contribution in [1.82, 2.24) is 14.5 Å². The quantitative estimate of drug-likeness (QED) is 0.654. The molecule has 9 heteroatoms. The Kier molecular flexibility index (Phi) is 5.24. The molecule has 2 amide bonds. The number of hydrogen-bond donors (Lipinski definition) is 2. The first-order chi connectivity index (χ1) is 14.9. The van der Waals surface area contributed by atoms with Crippen LogP contribution in [-0.4, -0.2) is 22.3 Å². The molecule has 31 heavy (non-hydrogen) atoms. The molecule has 160 valence electrons. The summed E-state index contributed by atoms with van der Waals surface area (Å²) in [7, 11) is 4.43. The SMILES string of the molecule is COc1cc([C@@H]2NC(=O)Nc3c2c(=O)n(C)c(=O)n3C)ccc1OCc1ccccc1. The largest absolute Gasteiger partial charge is 0.493 e. The summed E-state index contributed by atoms with van der Waals surface area (Å²) < 4.78 is 13.6. The van der Waals surface area contributed by atoms with Gasteiger partial charge in [-0.3, -0.25) is 19.2 Å². The Morgan fingerprint density at radius 2 is 1.71 bits per heavy atom. The molecular formula is C22H22N4O5. The topological polar surface area (TPSA) is 104 Å². The molecule has 0 radical (unpaired) electrons. The first kappa shape index (κ1) is 20.3. The third-order valence-corrected chi connectivity index (χ3v) is 5.25. The minimum absolute atomic E-state index is 0.172. The summed E-state index contributed by atoms with van der Waals surface area (Å²) in [6.45, 7) is 0.367. The standard InChI is InChI=1S/C22H22N4O5/c1-25-19-17(20(27)26(2)22(25)29)18(23-21(28)24-19)14-9-10-15(16(11-14)30-3)31-12-13-7-5-4-6-8-13/h4-11,18H,12H2,1-3H3,(H2,23,24,28)/t18-/m0/s1. The Morgan fingerprint density at radius 3 is 2.42 bits per heavy atom. The Labute approximate surface area is 177 Å². The Balaban J connectivity index is 1.73. The van der Waals surface area contributed by atoms with Crippen LogP contribution in [0.1, 0.15) is 22.7 Å². The van der Waals surface area contributed by atoms with Crippen LogP contribution >= 0.6 is 0 Å². The summed E-state index contributed by atoms with van der Waals surface area (Å²) in [5.41, 5.74) is 0.892. The highest BCUT2D eigenvalue weighted by atomic mass is 16.5. The van der Waals surface area contributed by atoms with E-state index in [4.69, 9.17) is 9.47 Å². The van der Waals surface area contributed by atoms with Crippen LogP contribution in [0.3, 0.4) is 0 Å². The molecule has 1 atom stereocenters. The number of benzene rings is 2. The van der Waals surface area contributed by atoms with Crippen LogP contribution < -0.4 is 31.4 Å². The minimum Gasteiger partial charge on any atom is -0.493 e. The second-order valence-corrected chi connectivity index (χ2v) is 7.18. The molecule has 0 fully saturated rings. The molecule has 2 aromatic carbocycles. The van der Waals surface area contributed by atoms with Crippen molar-refractivity contribution in [2.24, 2.45) is 14.1 Å². The molecule has 9 nitrogen and oxygen atoms in total. The number of hydrogen-bond acceptors (Lipinski definition) is 5. The van der Waals surface area contributed by atoms with Crippen molar-refractivity contribution in [3.8, 4) is 11.5 Å². The molecule has 2 N–H and O–H groups in total. The van der Waals surface area contributed by atoms with Crippen molar-refractivity contribution < 1.29 is 14.3 Å². The average Bonchev–Trinajstić information content (AvgIpc) is 2.80. The van der Waals surface area contributed by atoms with Gasteiger partial charge >= 0.3 is 11.7 Å². The highest BCUT2D eigenvalue weighted by molar-refractivity contribution is 5.92. The van der Waals surface area contributed by atoms with Gasteiger partial charge in [-0.15, -0.1) is 0 Å². The maximum atomic E-state index is 12.9. The number of ether oxygens (including phenoxy) is 2. The van der Waals surface area contributed by atoms with E-state index in [0.717, 1.165) is 10.1 Å². The van der Waals surface area contributed by atoms with E-state index in [9.17, 15) is 14.4 Å². The van der Waals surface area contributed by atoms with Gasteiger partial charge in [-0.05, 0) is 23.3 Å². The molecule has 0 bridgehead atoms. The first-order valence-corrected chi connectivity index (χ1v) is 9.62. The highest BCUT2D eigenvalue weighted by Gasteiger charge is 2.32. The molecule has 1 aliphatic rings. The van der Waals surface area contributed by atoms with Gasteiger partial charge in [-0.2, -0.15) is 0 Å². The van der Waals surface area contributed by atoms with Crippen LogP contribution in [0.2, 0.25) is 0 Å². The summed E-state index contributed by atoms with van der Waals surface area (Å²) in [6, 6.07) is 13.7. The van der Waals surface area contributed by atoms with Crippen LogP contribution in [0.15, 0.2) is 58.1 Å². The van der Waals surface area contributed by atoms with E-state index in [1.54, 1.807) is 18.2 Å². The van der Waals surface area contributed by atoms with Gasteiger partial charge in [0.2, 0.25) is 0 Å². The minimum atomic E-state index is -0.758. The first-order valence-electron chi connectivity index (χ1n) is 9.62. The monoisotopic (exact) mass is 422 g/mol. The van der Waals surface area contributed by atoms with Gasteiger partial charge in [0.25, 0.3) is 5.56 Å². The fourth-order valence-corrected chi connectivity index (χ4v) is 3.60. The summed E-state index contributed by atoms with van der Waals surface area (Å²) in [5, 5.41) is 5.32. The van der Waals surface area contributed by atoms with E-state index < -0.39 is 23.3 Å². The zero-order chi connectivity index (χ0) is 22.1. The van der Waals surface area contributed by atoms with Gasteiger partial charge in [0, 0.05) is 14.1 Å². The average molecular weight is 422 g/mol. The summed E-state index contributed by atoms with van der Waals surface area (Å²) in [4.78, 5) is 37.4. The number of urea groups is 1. The van der Waals surface area contributed by atoms with Crippen LogP contribution in [-0.2, 0) is 20.7 Å². The lowest BCUT2D eigenvalue weighted by Gasteiger charge is -2.28. The molecule has 2 heterocycles. The summed E-state index contributed by atoms with van der Waals surface area (Å²) in [5.74, 6) is 1.17. The van der Waals surface area contributed by atoms with E-state index in [-0.39, 0.29) is 11.4 Å². The van der Waals surface area contributed by atoms with E-state index >= 15 is 0 Å². The van der Waals surface area contributed by atoms with Gasteiger partial charge in [-0.1, -0.05) is 36.4 Å². The van der Waals surface area contributed by atoms with Crippen molar-refractivity contribution >= 4 is 11.8 Å². The fourth-order valence-electron chi connectivity index (χ4n) is 3.60. The van der Waals surface area contributed by atoms with E-state index in [1.807, 2.05) is 30.3 Å². The molecule has 1 aromatic heterocycles. The lowest BCUT2D eigenvalue weighted by Crippen LogP contribution is -2.49. The zero-order valence-electron chi connectivity index (χ0n) is 17.3. The highest BCUT2D eigenvalue weighted by Crippen LogP contribution is 2.35. The molecular weight excluding hydrogens is 400 g/mol. The number of nitrogens with zero attached hydrogens (tertiary/aromatic N) is 2. The smallest absolute Gasteiger partial charge is 0.332 e. The Morgan fingerprint density at radius 1 is 0.968 bits per heavy atom. The zero-order valence-corrected chi connectivity index (χ0v) is 17.3. The molecule has 1 aliphatic heterocycles. The van der Waals surface area contributed by atoms with Gasteiger partial charge in [0.05, 0.1) is 18.7 Å². The second kappa shape index (κ2) is 8.02. The molecule has 4 rings (SSSR count). The van der Waals surface area contributed by atoms with Crippen LogP contribution in [0.5, 0.6) is 11.5 Å². The number of methoxy groups -OCH3 is 1. The second-order valence-electron chi connectivity index (χ2n) is 7.18. The van der Waals surface area contributed by atoms with E-state index in [2.05, 4.69) is 10.6 Å². The number of carbonyl (C=O) groups excluding carboxylic acids is 1. The maximum absolute atomic E-state index is 12.9. The van der Waals surface area contributed by atoms with Crippen LogP contribution in [0.25, 0.3) is 0 Å². The number of nitrogens with one attached hydrogen (secondary N) is 2.